The predicted octanol–water partition coefficient (Wildman–Crippen LogP) is 4.07. The fourth-order valence-electron chi connectivity index (χ4n) is 3.93. The molecule has 150 valence electrons. The lowest BCUT2D eigenvalue weighted by Crippen LogP contribution is -1.93. The van der Waals surface area contributed by atoms with Gasteiger partial charge in [0.2, 0.25) is 0 Å². The average Bonchev–Trinajstić information content (AvgIpc) is 3.51. The van der Waals surface area contributed by atoms with Gasteiger partial charge in [0.05, 0.1) is 41.1 Å². The highest BCUT2D eigenvalue weighted by Gasteiger charge is 2.17. The van der Waals surface area contributed by atoms with E-state index in [2.05, 4.69) is 44.2 Å². The van der Waals surface area contributed by atoms with Crippen LogP contribution in [-0.2, 0) is 7.05 Å². The summed E-state index contributed by atoms with van der Waals surface area (Å²) in [6.07, 6.45) is 11.0. The standard InChI is InChI=1S/C23H18N8/c1-14-12-31(13-26-14)20-11-25-10-18-22(20)28-23(27-18)21-17-8-15(16-4-3-7-24-9-16)5-6-19(17)30(2)29-21/h3-13H,1-2H3,(H,27,28). The fourth-order valence-corrected chi connectivity index (χ4v) is 3.93. The molecule has 6 aromatic rings. The molecule has 6 rings (SSSR count). The average molecular weight is 406 g/mol. The number of fused-ring (bicyclic) bond motifs is 2. The molecule has 0 fully saturated rings. The second-order valence-electron chi connectivity index (χ2n) is 7.51. The zero-order valence-electron chi connectivity index (χ0n) is 17.0. The van der Waals surface area contributed by atoms with E-state index >= 15 is 0 Å². The summed E-state index contributed by atoms with van der Waals surface area (Å²) in [5.74, 6) is 0.704. The number of hydrogen-bond donors (Lipinski definition) is 1. The molecule has 5 aromatic heterocycles. The van der Waals surface area contributed by atoms with Crippen LogP contribution >= 0.6 is 0 Å². The second kappa shape index (κ2) is 6.60. The number of rotatable bonds is 3. The zero-order chi connectivity index (χ0) is 20.9. The van der Waals surface area contributed by atoms with Crippen molar-refractivity contribution in [2.45, 2.75) is 6.92 Å². The van der Waals surface area contributed by atoms with E-state index in [0.29, 0.717) is 5.82 Å². The van der Waals surface area contributed by atoms with E-state index in [-0.39, 0.29) is 0 Å². The van der Waals surface area contributed by atoms with Crippen LogP contribution in [0.4, 0.5) is 0 Å². The van der Waals surface area contributed by atoms with Gasteiger partial charge >= 0.3 is 0 Å². The van der Waals surface area contributed by atoms with E-state index in [0.717, 1.165) is 50.1 Å². The van der Waals surface area contributed by atoms with Gasteiger partial charge in [0.15, 0.2) is 5.82 Å². The minimum atomic E-state index is 0.704. The minimum Gasteiger partial charge on any atom is -0.335 e. The molecule has 1 N–H and O–H groups in total. The summed E-state index contributed by atoms with van der Waals surface area (Å²) in [5, 5.41) is 5.79. The van der Waals surface area contributed by atoms with Crippen LogP contribution in [0.25, 0.3) is 50.3 Å². The van der Waals surface area contributed by atoms with Gasteiger partial charge in [-0.3, -0.25) is 14.6 Å². The molecule has 0 saturated heterocycles. The normalized spacial score (nSPS) is 11.5. The maximum absolute atomic E-state index is 4.90. The number of nitrogens with one attached hydrogen (secondary N) is 1. The predicted molar refractivity (Wildman–Crippen MR) is 119 cm³/mol. The number of aromatic amines is 1. The highest BCUT2D eigenvalue weighted by Crippen LogP contribution is 2.32. The summed E-state index contributed by atoms with van der Waals surface area (Å²) in [7, 11) is 1.94. The van der Waals surface area contributed by atoms with Gasteiger partial charge in [-0.1, -0.05) is 12.1 Å². The molecule has 5 heterocycles. The number of imidazole rings is 2. The van der Waals surface area contributed by atoms with Crippen LogP contribution in [0.5, 0.6) is 0 Å². The molecule has 8 heteroatoms. The molecule has 0 spiro atoms. The van der Waals surface area contributed by atoms with E-state index in [9.17, 15) is 0 Å². The number of aryl methyl sites for hydroxylation is 2. The maximum atomic E-state index is 4.90. The summed E-state index contributed by atoms with van der Waals surface area (Å²) < 4.78 is 3.82. The van der Waals surface area contributed by atoms with Crippen molar-refractivity contribution in [2.24, 2.45) is 7.05 Å². The van der Waals surface area contributed by atoms with Crippen LogP contribution in [0, 0.1) is 6.92 Å². The monoisotopic (exact) mass is 406 g/mol. The molecule has 0 bridgehead atoms. The first-order valence-electron chi connectivity index (χ1n) is 9.89. The Labute approximate surface area is 177 Å². The first kappa shape index (κ1) is 17.5. The molecule has 1 aromatic carbocycles. The molecule has 0 radical (unpaired) electrons. The van der Waals surface area contributed by atoms with Gasteiger partial charge in [0.1, 0.15) is 11.2 Å². The van der Waals surface area contributed by atoms with E-state index in [1.807, 2.05) is 41.7 Å². The van der Waals surface area contributed by atoms with Gasteiger partial charge in [-0.05, 0) is 30.7 Å². The third-order valence-corrected chi connectivity index (χ3v) is 5.43. The molecule has 31 heavy (non-hydrogen) atoms. The van der Waals surface area contributed by atoms with Crippen molar-refractivity contribution < 1.29 is 0 Å². The van der Waals surface area contributed by atoms with Crippen LogP contribution in [-0.4, -0.2) is 39.3 Å². The molecule has 0 amide bonds. The minimum absolute atomic E-state index is 0.704. The molecule has 0 aliphatic heterocycles. The highest BCUT2D eigenvalue weighted by molar-refractivity contribution is 5.96. The van der Waals surface area contributed by atoms with Crippen molar-refractivity contribution in [1.29, 1.82) is 0 Å². The molecule has 0 aliphatic rings. The summed E-state index contributed by atoms with van der Waals surface area (Å²) in [6.45, 7) is 1.96. The van der Waals surface area contributed by atoms with E-state index < -0.39 is 0 Å². The zero-order valence-corrected chi connectivity index (χ0v) is 17.0. The van der Waals surface area contributed by atoms with Crippen molar-refractivity contribution in [3.63, 3.8) is 0 Å². The molecule has 0 atom stereocenters. The van der Waals surface area contributed by atoms with Gasteiger partial charge in [0.25, 0.3) is 0 Å². The van der Waals surface area contributed by atoms with E-state index in [1.165, 1.54) is 0 Å². The van der Waals surface area contributed by atoms with Crippen LogP contribution in [0.3, 0.4) is 0 Å². The lowest BCUT2D eigenvalue weighted by atomic mass is 10.0. The van der Waals surface area contributed by atoms with E-state index in [4.69, 9.17) is 10.1 Å². The Morgan fingerprint density at radius 3 is 2.74 bits per heavy atom. The first-order chi connectivity index (χ1) is 15.2. The summed E-state index contributed by atoms with van der Waals surface area (Å²) in [5.41, 5.74) is 7.46. The Kier molecular flexibility index (Phi) is 3.73. The molecule has 0 aliphatic carbocycles. The van der Waals surface area contributed by atoms with Crippen molar-refractivity contribution >= 4 is 21.9 Å². The molecule has 0 saturated carbocycles. The summed E-state index contributed by atoms with van der Waals surface area (Å²) >= 11 is 0. The number of benzene rings is 1. The SMILES string of the molecule is Cc1cn(-c2cncc3[nH]c(-c4nn(C)c5ccc(-c6cccnc6)cc45)nc23)cn1. The molecular weight excluding hydrogens is 388 g/mol. The highest BCUT2D eigenvalue weighted by atomic mass is 15.3. The van der Waals surface area contributed by atoms with Crippen molar-refractivity contribution in [1.82, 2.24) is 39.3 Å². The molecular formula is C23H18N8. The Morgan fingerprint density at radius 1 is 1.00 bits per heavy atom. The number of pyridine rings is 2. The maximum Gasteiger partial charge on any atom is 0.159 e. The number of nitrogens with zero attached hydrogens (tertiary/aromatic N) is 7. The number of aromatic nitrogens is 8. The quantitative estimate of drug-likeness (QED) is 0.478. The number of hydrogen-bond acceptors (Lipinski definition) is 5. The first-order valence-corrected chi connectivity index (χ1v) is 9.89. The lowest BCUT2D eigenvalue weighted by Gasteiger charge is -2.02. The van der Waals surface area contributed by atoms with Crippen molar-refractivity contribution in [3.8, 4) is 28.3 Å². The second-order valence-corrected chi connectivity index (χ2v) is 7.51. The molecule has 8 nitrogen and oxygen atoms in total. The largest absolute Gasteiger partial charge is 0.335 e. The lowest BCUT2D eigenvalue weighted by molar-refractivity contribution is 0.798. The van der Waals surface area contributed by atoms with Crippen molar-refractivity contribution in [2.75, 3.05) is 0 Å². The summed E-state index contributed by atoms with van der Waals surface area (Å²) in [4.78, 5) is 21.2. The van der Waals surface area contributed by atoms with Gasteiger partial charge in [-0.15, -0.1) is 0 Å². The van der Waals surface area contributed by atoms with Crippen LogP contribution < -0.4 is 0 Å². The fraction of sp³-hybridized carbons (Fsp3) is 0.0870. The van der Waals surface area contributed by atoms with Crippen LogP contribution in [0.2, 0.25) is 0 Å². The Morgan fingerprint density at radius 2 is 1.94 bits per heavy atom. The topological polar surface area (TPSA) is 90.1 Å². The Balaban J connectivity index is 1.55. The Bertz CT molecular complexity index is 1560. The summed E-state index contributed by atoms with van der Waals surface area (Å²) in [6, 6.07) is 10.3. The van der Waals surface area contributed by atoms with Gasteiger partial charge in [0, 0.05) is 36.6 Å². The third kappa shape index (κ3) is 2.80. The molecule has 0 unspecified atom stereocenters. The van der Waals surface area contributed by atoms with Gasteiger partial charge < -0.3 is 9.55 Å². The van der Waals surface area contributed by atoms with E-state index in [1.54, 1.807) is 24.9 Å². The smallest absolute Gasteiger partial charge is 0.159 e. The van der Waals surface area contributed by atoms with Crippen molar-refractivity contribution in [3.05, 3.63) is 73.3 Å². The van der Waals surface area contributed by atoms with Crippen LogP contribution in [0.15, 0.2) is 67.6 Å². The number of H-pyrrole nitrogens is 1. The van der Waals surface area contributed by atoms with Crippen LogP contribution in [0.1, 0.15) is 5.69 Å². The van der Waals surface area contributed by atoms with Gasteiger partial charge in [-0.2, -0.15) is 5.10 Å². The van der Waals surface area contributed by atoms with Gasteiger partial charge in [-0.25, -0.2) is 9.97 Å². The Hall–Kier alpha value is -4.33. The third-order valence-electron chi connectivity index (χ3n) is 5.43.